The van der Waals surface area contributed by atoms with E-state index < -0.39 is 0 Å². The van der Waals surface area contributed by atoms with Crippen molar-refractivity contribution in [1.82, 2.24) is 14.3 Å². The lowest BCUT2D eigenvalue weighted by Crippen LogP contribution is -1.90. The van der Waals surface area contributed by atoms with E-state index in [0.29, 0.717) is 5.88 Å². The maximum atomic E-state index is 5.07. The third-order valence-corrected chi connectivity index (χ3v) is 2.08. The number of nitrogens with zero attached hydrogens (tertiary/aromatic N) is 3. The smallest absolute Gasteiger partial charge is 0.225 e. The van der Waals surface area contributed by atoms with Crippen molar-refractivity contribution in [2.45, 2.75) is 0 Å². The molecule has 0 saturated heterocycles. The first-order valence-corrected chi connectivity index (χ1v) is 3.95. The highest BCUT2D eigenvalue weighted by Crippen LogP contribution is 2.22. The fourth-order valence-electron chi connectivity index (χ4n) is 1.11. The number of fused-ring (bicyclic) bond motifs is 1. The zero-order chi connectivity index (χ0) is 8.55. The van der Waals surface area contributed by atoms with Gasteiger partial charge in [0.05, 0.1) is 12.5 Å². The number of hydrogen-bond donors (Lipinski definition) is 0. The van der Waals surface area contributed by atoms with Crippen molar-refractivity contribution in [1.29, 1.82) is 0 Å². The lowest BCUT2D eigenvalue weighted by molar-refractivity contribution is 0.402. The van der Waals surface area contributed by atoms with Gasteiger partial charge in [-0.1, -0.05) is 0 Å². The Balaban J connectivity index is 2.81. The molecule has 0 amide bonds. The molecule has 2 heterocycles. The summed E-state index contributed by atoms with van der Waals surface area (Å²) >= 11 is 0. The normalized spacial score (nSPS) is 10.5. The third kappa shape index (κ3) is 0.959. The maximum absolute atomic E-state index is 5.07. The molecule has 2 aromatic rings. The predicted molar refractivity (Wildman–Crippen MR) is 49.2 cm³/mol. The van der Waals surface area contributed by atoms with Crippen LogP contribution in [0.3, 0.4) is 0 Å². The zero-order valence-corrected chi connectivity index (χ0v) is 7.71. The quantitative estimate of drug-likeness (QED) is 0.618. The van der Waals surface area contributed by atoms with Crippen LogP contribution in [0.15, 0.2) is 18.6 Å². The zero-order valence-electron chi connectivity index (χ0n) is 6.56. The molecule has 0 aliphatic heterocycles. The number of methoxy groups -OCH3 is 1. The molecule has 0 spiro atoms. The average Bonchev–Trinajstić information content (AvgIpc) is 2.48. The molecular weight excluding hydrogens is 173 g/mol. The molecule has 0 radical (unpaired) electrons. The standard InChI is InChI=1S/C7H8N3OP/c1-11-7-5-2-3-10(12)6(5)8-4-9-7/h2-4H,12H2,1H3. The third-order valence-electron chi connectivity index (χ3n) is 1.67. The molecule has 0 bridgehead atoms. The molecular formula is C7H8N3OP. The van der Waals surface area contributed by atoms with Crippen LogP contribution in [0.4, 0.5) is 0 Å². The lowest BCUT2D eigenvalue weighted by Gasteiger charge is -1.98. The summed E-state index contributed by atoms with van der Waals surface area (Å²) in [6.07, 6.45) is 3.38. The van der Waals surface area contributed by atoms with Crippen molar-refractivity contribution < 1.29 is 4.74 Å². The highest BCUT2D eigenvalue weighted by atomic mass is 31.0. The fourth-order valence-corrected chi connectivity index (χ4v) is 1.40. The molecule has 0 aromatic carbocycles. The lowest BCUT2D eigenvalue weighted by atomic mass is 10.4. The van der Waals surface area contributed by atoms with Crippen LogP contribution in [-0.2, 0) is 0 Å². The molecule has 0 aliphatic rings. The first kappa shape index (κ1) is 7.50. The Bertz CT molecular complexity index is 412. The minimum absolute atomic E-state index is 0.612. The van der Waals surface area contributed by atoms with E-state index >= 15 is 0 Å². The summed E-state index contributed by atoms with van der Waals surface area (Å²) < 4.78 is 6.91. The first-order chi connectivity index (χ1) is 5.83. The Morgan fingerprint density at radius 1 is 1.50 bits per heavy atom. The molecule has 0 saturated carbocycles. The number of aromatic nitrogens is 3. The second kappa shape index (κ2) is 2.72. The summed E-state index contributed by atoms with van der Waals surface area (Å²) in [5, 5.41) is 0.926. The molecule has 0 N–H and O–H groups in total. The van der Waals surface area contributed by atoms with Gasteiger partial charge in [-0.05, 0) is 15.5 Å². The van der Waals surface area contributed by atoms with E-state index in [4.69, 9.17) is 4.74 Å². The van der Waals surface area contributed by atoms with Gasteiger partial charge in [-0.2, -0.15) is 0 Å². The van der Waals surface area contributed by atoms with Crippen LogP contribution >= 0.6 is 9.39 Å². The van der Waals surface area contributed by atoms with Crippen LogP contribution in [0.1, 0.15) is 0 Å². The van der Waals surface area contributed by atoms with Gasteiger partial charge in [0.15, 0.2) is 0 Å². The van der Waals surface area contributed by atoms with Crippen molar-refractivity contribution in [2.24, 2.45) is 0 Å². The SMILES string of the molecule is COc1ncnc2c1ccn2P. The Hall–Kier alpha value is -1.15. The van der Waals surface area contributed by atoms with Gasteiger partial charge in [0, 0.05) is 6.20 Å². The van der Waals surface area contributed by atoms with Crippen molar-refractivity contribution in [3.8, 4) is 5.88 Å². The van der Waals surface area contributed by atoms with Crippen molar-refractivity contribution in [3.05, 3.63) is 18.6 Å². The predicted octanol–water partition coefficient (Wildman–Crippen LogP) is 1.08. The topological polar surface area (TPSA) is 39.9 Å². The molecule has 2 rings (SSSR count). The number of ether oxygens (including phenoxy) is 1. The number of hydrogen-bond acceptors (Lipinski definition) is 3. The first-order valence-electron chi connectivity index (χ1n) is 3.44. The molecule has 4 nitrogen and oxygen atoms in total. The number of rotatable bonds is 1. The Morgan fingerprint density at radius 3 is 3.08 bits per heavy atom. The van der Waals surface area contributed by atoms with E-state index in [-0.39, 0.29) is 0 Å². The second-order valence-electron chi connectivity index (χ2n) is 2.34. The highest BCUT2D eigenvalue weighted by molar-refractivity contribution is 7.14. The molecule has 0 fully saturated rings. The summed E-state index contributed by atoms with van der Waals surface area (Å²) in [7, 11) is 4.14. The summed E-state index contributed by atoms with van der Waals surface area (Å²) in [5.74, 6) is 0.612. The monoisotopic (exact) mass is 181 g/mol. The van der Waals surface area contributed by atoms with Gasteiger partial charge < -0.3 is 9.07 Å². The van der Waals surface area contributed by atoms with E-state index in [0.717, 1.165) is 11.0 Å². The van der Waals surface area contributed by atoms with Crippen LogP contribution in [0.5, 0.6) is 5.88 Å². The van der Waals surface area contributed by atoms with Crippen LogP contribution in [0, 0.1) is 0 Å². The summed E-state index contributed by atoms with van der Waals surface area (Å²) in [5.41, 5.74) is 0.854. The van der Waals surface area contributed by atoms with Gasteiger partial charge in [-0.3, -0.25) is 0 Å². The van der Waals surface area contributed by atoms with E-state index in [1.807, 2.05) is 16.6 Å². The largest absolute Gasteiger partial charge is 0.480 e. The second-order valence-corrected chi connectivity index (χ2v) is 2.90. The van der Waals surface area contributed by atoms with Crippen LogP contribution in [0.25, 0.3) is 11.0 Å². The van der Waals surface area contributed by atoms with Crippen molar-refractivity contribution >= 4 is 20.4 Å². The Kier molecular flexibility index (Phi) is 1.70. The van der Waals surface area contributed by atoms with E-state index in [9.17, 15) is 0 Å². The minimum Gasteiger partial charge on any atom is -0.480 e. The summed E-state index contributed by atoms with van der Waals surface area (Å²) in [4.78, 5) is 8.08. The van der Waals surface area contributed by atoms with E-state index in [1.54, 1.807) is 7.11 Å². The summed E-state index contributed by atoms with van der Waals surface area (Å²) in [6.45, 7) is 0. The molecule has 1 atom stereocenters. The van der Waals surface area contributed by atoms with Crippen molar-refractivity contribution in [3.63, 3.8) is 0 Å². The van der Waals surface area contributed by atoms with E-state index in [1.165, 1.54) is 6.33 Å². The Labute approximate surface area is 71.8 Å². The van der Waals surface area contributed by atoms with Crippen LogP contribution < -0.4 is 4.74 Å². The van der Waals surface area contributed by atoms with Gasteiger partial charge in [0.25, 0.3) is 0 Å². The highest BCUT2D eigenvalue weighted by Gasteiger charge is 2.05. The average molecular weight is 181 g/mol. The van der Waals surface area contributed by atoms with Gasteiger partial charge >= 0.3 is 0 Å². The minimum atomic E-state index is 0.612. The molecule has 1 unspecified atom stereocenters. The van der Waals surface area contributed by atoms with Gasteiger partial charge in [-0.15, -0.1) is 0 Å². The fraction of sp³-hybridized carbons (Fsp3) is 0.143. The van der Waals surface area contributed by atoms with Crippen molar-refractivity contribution in [2.75, 3.05) is 7.11 Å². The molecule has 12 heavy (non-hydrogen) atoms. The Morgan fingerprint density at radius 2 is 2.33 bits per heavy atom. The summed E-state index contributed by atoms with van der Waals surface area (Å²) in [6, 6.07) is 1.92. The van der Waals surface area contributed by atoms with E-state index in [2.05, 4.69) is 19.4 Å². The van der Waals surface area contributed by atoms with Gasteiger partial charge in [-0.25, -0.2) is 9.97 Å². The molecule has 5 heteroatoms. The molecule has 62 valence electrons. The molecule has 2 aromatic heterocycles. The molecule has 0 aliphatic carbocycles. The van der Waals surface area contributed by atoms with Crippen LogP contribution in [0.2, 0.25) is 0 Å². The van der Waals surface area contributed by atoms with Gasteiger partial charge in [0.2, 0.25) is 5.88 Å². The van der Waals surface area contributed by atoms with Crippen LogP contribution in [-0.4, -0.2) is 21.4 Å². The van der Waals surface area contributed by atoms with Gasteiger partial charge in [0.1, 0.15) is 12.0 Å². The maximum Gasteiger partial charge on any atom is 0.225 e.